The van der Waals surface area contributed by atoms with Crippen molar-refractivity contribution < 1.29 is 22.1 Å². The molecule has 8 aromatic rings. The van der Waals surface area contributed by atoms with E-state index in [1.165, 1.54) is 24.3 Å². The van der Waals surface area contributed by atoms with Gasteiger partial charge in [-0.3, -0.25) is 0 Å². The lowest BCUT2D eigenvalue weighted by molar-refractivity contribution is 0.560. The molecule has 59 heavy (non-hydrogen) atoms. The van der Waals surface area contributed by atoms with Crippen molar-refractivity contribution in [1.29, 1.82) is 0 Å². The number of benzene rings is 2. The van der Waals surface area contributed by atoms with Gasteiger partial charge in [-0.05, 0) is 103 Å². The Hall–Kier alpha value is -5.87. The summed E-state index contributed by atoms with van der Waals surface area (Å²) in [7, 11) is -2.44. The first kappa shape index (κ1) is 38.6. The van der Waals surface area contributed by atoms with Crippen LogP contribution in [0.3, 0.4) is 0 Å². The topological polar surface area (TPSA) is 120 Å². The fourth-order valence-corrected chi connectivity index (χ4v) is 8.76. The molecule has 2 saturated heterocycles. The zero-order chi connectivity index (χ0) is 41.0. The van der Waals surface area contributed by atoms with Crippen LogP contribution in [0.15, 0.2) is 103 Å². The molecular formula is C40H36BrF4N12OP. The minimum atomic E-state index is -2.44. The molecule has 6 aromatic heterocycles. The second kappa shape index (κ2) is 15.4. The van der Waals surface area contributed by atoms with Gasteiger partial charge in [0.2, 0.25) is 0 Å². The van der Waals surface area contributed by atoms with E-state index in [-0.39, 0.29) is 12.1 Å². The van der Waals surface area contributed by atoms with E-state index >= 15 is 0 Å². The highest BCUT2D eigenvalue weighted by atomic mass is 79.9. The molecule has 2 fully saturated rings. The Morgan fingerprint density at radius 2 is 1.14 bits per heavy atom. The second-order valence-corrected chi connectivity index (χ2v) is 18.9. The average molecular weight is 888 g/mol. The largest absolute Gasteiger partial charge is 0.349 e. The highest BCUT2D eigenvalue weighted by Gasteiger charge is 2.31. The third-order valence-electron chi connectivity index (χ3n) is 10.6. The monoisotopic (exact) mass is 886 g/mol. The fraction of sp³-hybridized carbons (Fsp3) is 0.250. The lowest BCUT2D eigenvalue weighted by Crippen LogP contribution is -2.24. The van der Waals surface area contributed by atoms with E-state index in [1.54, 1.807) is 68.9 Å². The van der Waals surface area contributed by atoms with Crippen LogP contribution in [-0.2, 0) is 4.57 Å². The average Bonchev–Trinajstić information content (AvgIpc) is 4.07. The Morgan fingerprint density at radius 3 is 1.59 bits per heavy atom. The summed E-state index contributed by atoms with van der Waals surface area (Å²) in [4.78, 5) is 13.6. The Morgan fingerprint density at radius 1 is 0.644 bits per heavy atom. The molecule has 13 nitrogen and oxygen atoms in total. The molecule has 0 amide bonds. The third kappa shape index (κ3) is 7.50. The highest BCUT2D eigenvalue weighted by molar-refractivity contribution is 9.10. The van der Waals surface area contributed by atoms with Crippen molar-refractivity contribution in [2.75, 3.05) is 36.2 Å². The normalized spacial score (nSPS) is 17.0. The molecule has 2 aliphatic heterocycles. The number of halogens is 5. The van der Waals surface area contributed by atoms with Gasteiger partial charge in [0.15, 0.2) is 11.3 Å². The first-order valence-corrected chi connectivity index (χ1v) is 22.2. The second-order valence-electron chi connectivity index (χ2n) is 14.8. The Bertz CT molecular complexity index is 2890. The fourth-order valence-electron chi connectivity index (χ4n) is 7.76. The van der Waals surface area contributed by atoms with Crippen molar-refractivity contribution in [3.05, 3.63) is 137 Å². The van der Waals surface area contributed by atoms with Gasteiger partial charge in [-0.25, -0.2) is 45.9 Å². The molecule has 0 radical (unpaired) electrons. The Labute approximate surface area is 343 Å². The molecule has 0 spiro atoms. The number of anilines is 2. The van der Waals surface area contributed by atoms with Gasteiger partial charge in [0, 0.05) is 54.3 Å². The quantitative estimate of drug-likeness (QED) is 0.116. The number of rotatable bonds is 7. The summed E-state index contributed by atoms with van der Waals surface area (Å²) in [6, 6.07) is 10.3. The van der Waals surface area contributed by atoms with E-state index in [1.807, 2.05) is 34.3 Å². The molecule has 8 heterocycles. The lowest BCUT2D eigenvalue weighted by atomic mass is 10.0. The third-order valence-corrected chi connectivity index (χ3v) is 12.5. The van der Waals surface area contributed by atoms with E-state index in [9.17, 15) is 22.1 Å². The molecule has 0 aliphatic carbocycles. The number of hydrogen-bond acceptors (Lipinski definition) is 9. The summed E-state index contributed by atoms with van der Waals surface area (Å²) in [5, 5.41) is 18.0. The van der Waals surface area contributed by atoms with Crippen molar-refractivity contribution >= 4 is 51.3 Å². The van der Waals surface area contributed by atoms with Gasteiger partial charge in [-0.1, -0.05) is 0 Å². The van der Waals surface area contributed by atoms with Crippen LogP contribution in [0.5, 0.6) is 0 Å². The molecule has 10 rings (SSSR count). The van der Waals surface area contributed by atoms with Crippen LogP contribution in [0.25, 0.3) is 22.7 Å². The van der Waals surface area contributed by atoms with Crippen LogP contribution in [0.4, 0.5) is 29.2 Å². The molecule has 0 N–H and O–H groups in total. The highest BCUT2D eigenvalue weighted by Crippen LogP contribution is 2.39. The summed E-state index contributed by atoms with van der Waals surface area (Å²) >= 11 is 3.39. The molecule has 2 aliphatic rings. The predicted molar refractivity (Wildman–Crippen MR) is 218 cm³/mol. The van der Waals surface area contributed by atoms with Gasteiger partial charge in [-0.2, -0.15) is 20.4 Å². The number of fused-ring (bicyclic) bond motifs is 2. The van der Waals surface area contributed by atoms with Gasteiger partial charge >= 0.3 is 0 Å². The van der Waals surface area contributed by atoms with Crippen LogP contribution < -0.4 is 15.1 Å². The zero-order valence-corrected chi connectivity index (χ0v) is 34.2. The number of aromatic nitrogens is 10. The maximum absolute atomic E-state index is 14.4. The molecule has 2 aromatic carbocycles. The summed E-state index contributed by atoms with van der Waals surface area (Å²) in [6.45, 7) is 4.80. The zero-order valence-electron chi connectivity index (χ0n) is 31.7. The van der Waals surface area contributed by atoms with Crippen molar-refractivity contribution in [3.8, 4) is 11.4 Å². The van der Waals surface area contributed by atoms with Crippen LogP contribution in [0.1, 0.15) is 48.9 Å². The van der Waals surface area contributed by atoms with Crippen LogP contribution >= 0.6 is 23.1 Å². The van der Waals surface area contributed by atoms with Crippen LogP contribution in [-0.4, -0.2) is 75.2 Å². The Kier molecular flexibility index (Phi) is 10.1. The van der Waals surface area contributed by atoms with Crippen molar-refractivity contribution in [3.63, 3.8) is 0 Å². The Balaban J connectivity index is 0.000000153. The molecule has 0 saturated carbocycles. The summed E-state index contributed by atoms with van der Waals surface area (Å²) in [6.07, 6.45) is 17.0. The van der Waals surface area contributed by atoms with E-state index in [0.29, 0.717) is 58.0 Å². The minimum absolute atomic E-state index is 0.254. The molecule has 302 valence electrons. The minimum Gasteiger partial charge on any atom is -0.349 e. The van der Waals surface area contributed by atoms with Crippen LogP contribution in [0.2, 0.25) is 0 Å². The maximum Gasteiger partial charge on any atom is 0.183 e. The summed E-state index contributed by atoms with van der Waals surface area (Å²) < 4.78 is 76.1. The van der Waals surface area contributed by atoms with Gasteiger partial charge in [0.05, 0.1) is 41.3 Å². The van der Waals surface area contributed by atoms with E-state index in [4.69, 9.17) is 9.97 Å². The SMILES string of the molecule is CP(C)(=O)c1cnn(-c2cnn3ccc(N4CCC[C@@H]4c4cc(F)ccc4F)nc23)c1.Fc1ccc(F)c([C@H]2CCCN2c2ccn3ncc(-n4cc(Br)cn4)c3n2)c1. The standard InChI is InChI=1S/C21H21F2N6OP.C19H15BrF2N6/c1-31(2,30)15-11-24-29(13-15)19-12-25-28-9-7-20(26-21(19)28)27-8-3-4-18(27)16-10-14(22)5-6-17(16)23;20-12-9-23-28(11-12)17-10-24-27-7-5-18(25-19(17)27)26-6-1-2-16(26)14-8-13(21)3-4-15(14)22/h5-7,9-13,18H,3-4,8H2,1-2H3;3-5,7-11,16H,1-2,6H2/t18-;16-/m11/s1. The predicted octanol–water partition coefficient (Wildman–Crippen LogP) is 8.08. The van der Waals surface area contributed by atoms with E-state index in [0.717, 1.165) is 48.1 Å². The molecule has 2 atom stereocenters. The van der Waals surface area contributed by atoms with Crippen molar-refractivity contribution in [2.24, 2.45) is 0 Å². The number of nitrogens with zero attached hydrogens (tertiary/aromatic N) is 12. The molecular weight excluding hydrogens is 851 g/mol. The molecule has 19 heteroatoms. The summed E-state index contributed by atoms with van der Waals surface area (Å²) in [5.41, 5.74) is 3.29. The van der Waals surface area contributed by atoms with Crippen molar-refractivity contribution in [2.45, 2.75) is 37.8 Å². The van der Waals surface area contributed by atoms with Gasteiger partial charge < -0.3 is 14.4 Å². The van der Waals surface area contributed by atoms with Crippen molar-refractivity contribution in [1.82, 2.24) is 48.8 Å². The van der Waals surface area contributed by atoms with Gasteiger partial charge in [0.1, 0.15) is 53.4 Å². The van der Waals surface area contributed by atoms with Gasteiger partial charge in [0.25, 0.3) is 0 Å². The smallest absolute Gasteiger partial charge is 0.183 e. The first-order valence-electron chi connectivity index (χ1n) is 18.8. The number of hydrogen-bond donors (Lipinski definition) is 0. The molecule has 0 bridgehead atoms. The van der Waals surface area contributed by atoms with Crippen LogP contribution in [0, 0.1) is 23.3 Å². The lowest BCUT2D eigenvalue weighted by Gasteiger charge is -2.26. The maximum atomic E-state index is 14.4. The van der Waals surface area contributed by atoms with E-state index in [2.05, 4.69) is 36.3 Å². The molecule has 0 unspecified atom stereocenters. The van der Waals surface area contributed by atoms with E-state index < -0.39 is 30.4 Å². The van der Waals surface area contributed by atoms with Gasteiger partial charge in [-0.15, -0.1) is 0 Å². The summed E-state index contributed by atoms with van der Waals surface area (Å²) in [5.74, 6) is -0.351. The first-order chi connectivity index (χ1) is 28.4.